The maximum absolute atomic E-state index is 13.3. The molecule has 0 aromatic heterocycles. The molecule has 2 rings (SSSR count). The van der Waals surface area contributed by atoms with Gasteiger partial charge in [-0.15, -0.1) is 0 Å². The second-order valence-electron chi connectivity index (χ2n) is 5.47. The molecule has 0 heterocycles. The molecule has 2 nitrogen and oxygen atoms in total. The lowest BCUT2D eigenvalue weighted by Crippen LogP contribution is -2.31. The van der Waals surface area contributed by atoms with Gasteiger partial charge >= 0.3 is 0 Å². The molecule has 98 valence electrons. The van der Waals surface area contributed by atoms with Gasteiger partial charge in [0.15, 0.2) is 0 Å². The number of carbonyl (C=O) groups excluding carboxylic acids is 1. The van der Waals surface area contributed by atoms with Crippen molar-refractivity contribution in [1.82, 2.24) is 4.90 Å². The molecule has 0 spiro atoms. The summed E-state index contributed by atoms with van der Waals surface area (Å²) in [6.07, 6.45) is 2.14. The molecule has 3 heteroatoms. The number of hydrogen-bond acceptors (Lipinski definition) is 2. The zero-order chi connectivity index (χ0) is 13.1. The highest BCUT2D eigenvalue weighted by atomic mass is 19.1. The summed E-state index contributed by atoms with van der Waals surface area (Å²) in [4.78, 5) is 13.8. The molecule has 0 aliphatic heterocycles. The van der Waals surface area contributed by atoms with Gasteiger partial charge in [0, 0.05) is 19.4 Å². The largest absolute Gasteiger partial charge is 0.309 e. The zero-order valence-electron chi connectivity index (χ0n) is 11.0. The molecule has 1 aliphatic carbocycles. The molecule has 18 heavy (non-hydrogen) atoms. The van der Waals surface area contributed by atoms with Crippen molar-refractivity contribution >= 4 is 5.78 Å². The summed E-state index contributed by atoms with van der Waals surface area (Å²) in [6.45, 7) is 0.953. The van der Waals surface area contributed by atoms with E-state index in [9.17, 15) is 9.18 Å². The fraction of sp³-hybridized carbons (Fsp3) is 0.533. The van der Waals surface area contributed by atoms with Gasteiger partial charge in [-0.2, -0.15) is 0 Å². The van der Waals surface area contributed by atoms with Crippen LogP contribution in [0.4, 0.5) is 4.39 Å². The van der Waals surface area contributed by atoms with Crippen LogP contribution in [0.1, 0.15) is 30.7 Å². The van der Waals surface area contributed by atoms with E-state index in [0.29, 0.717) is 24.5 Å². The highest BCUT2D eigenvalue weighted by Gasteiger charge is 2.30. The molecule has 1 aromatic rings. The molecule has 0 saturated heterocycles. The first-order chi connectivity index (χ1) is 8.56. The van der Waals surface area contributed by atoms with Gasteiger partial charge in [0.2, 0.25) is 0 Å². The van der Waals surface area contributed by atoms with Crippen LogP contribution in [0.5, 0.6) is 0 Å². The van der Waals surface area contributed by atoms with E-state index in [4.69, 9.17) is 0 Å². The highest BCUT2D eigenvalue weighted by Crippen LogP contribution is 2.36. The lowest BCUT2D eigenvalue weighted by atomic mass is 9.74. The van der Waals surface area contributed by atoms with E-state index in [1.807, 2.05) is 20.2 Å². The minimum atomic E-state index is -0.214. The van der Waals surface area contributed by atoms with Gasteiger partial charge in [-0.05, 0) is 50.0 Å². The molecular formula is C15H20FNO. The Balaban J connectivity index is 2.22. The van der Waals surface area contributed by atoms with Crippen LogP contribution >= 0.6 is 0 Å². The van der Waals surface area contributed by atoms with E-state index in [2.05, 4.69) is 4.90 Å². The van der Waals surface area contributed by atoms with Crippen LogP contribution in [0.25, 0.3) is 0 Å². The SMILES string of the molecule is CN(C)C[C@H]1CCC(=O)C[C@H]1c1cccc(F)c1. The summed E-state index contributed by atoms with van der Waals surface area (Å²) in [7, 11) is 4.08. The van der Waals surface area contributed by atoms with Crippen LogP contribution in [0.3, 0.4) is 0 Å². The topological polar surface area (TPSA) is 20.3 Å². The van der Waals surface area contributed by atoms with Crippen LogP contribution < -0.4 is 0 Å². The van der Waals surface area contributed by atoms with E-state index in [-0.39, 0.29) is 11.7 Å². The fourth-order valence-electron chi connectivity index (χ4n) is 2.88. The number of ketones is 1. The summed E-state index contributed by atoms with van der Waals surface area (Å²) in [5.41, 5.74) is 0.968. The number of hydrogen-bond donors (Lipinski definition) is 0. The van der Waals surface area contributed by atoms with Crippen molar-refractivity contribution in [2.45, 2.75) is 25.2 Å². The van der Waals surface area contributed by atoms with Crippen molar-refractivity contribution < 1.29 is 9.18 Å². The molecule has 0 bridgehead atoms. The van der Waals surface area contributed by atoms with Crippen LogP contribution in [0, 0.1) is 11.7 Å². The molecule has 0 N–H and O–H groups in total. The van der Waals surface area contributed by atoms with Crippen LogP contribution in [-0.4, -0.2) is 31.3 Å². The lowest BCUT2D eigenvalue weighted by Gasteiger charge is -2.33. The Kier molecular flexibility index (Phi) is 4.12. The first-order valence-electron chi connectivity index (χ1n) is 6.48. The van der Waals surface area contributed by atoms with Crippen LogP contribution in [0.15, 0.2) is 24.3 Å². The highest BCUT2D eigenvalue weighted by molar-refractivity contribution is 5.80. The van der Waals surface area contributed by atoms with Gasteiger partial charge in [-0.3, -0.25) is 4.79 Å². The number of carbonyl (C=O) groups is 1. The number of nitrogens with zero attached hydrogens (tertiary/aromatic N) is 1. The third-order valence-electron chi connectivity index (χ3n) is 3.69. The van der Waals surface area contributed by atoms with Crippen molar-refractivity contribution in [3.05, 3.63) is 35.6 Å². The third kappa shape index (κ3) is 3.16. The minimum absolute atomic E-state index is 0.171. The van der Waals surface area contributed by atoms with Gasteiger partial charge in [0.1, 0.15) is 11.6 Å². The molecular weight excluding hydrogens is 229 g/mol. The Morgan fingerprint density at radius 3 is 2.83 bits per heavy atom. The van der Waals surface area contributed by atoms with Crippen molar-refractivity contribution in [3.8, 4) is 0 Å². The van der Waals surface area contributed by atoms with Gasteiger partial charge in [-0.1, -0.05) is 12.1 Å². The molecule has 0 radical (unpaired) electrons. The number of benzene rings is 1. The van der Waals surface area contributed by atoms with E-state index < -0.39 is 0 Å². The average molecular weight is 249 g/mol. The standard InChI is InChI=1S/C15H20FNO/c1-17(2)10-12-6-7-14(18)9-15(12)11-4-3-5-13(16)8-11/h3-5,8,12,15H,6-7,9-10H2,1-2H3/t12-,15+/m1/s1. The second-order valence-corrected chi connectivity index (χ2v) is 5.47. The minimum Gasteiger partial charge on any atom is -0.309 e. The maximum atomic E-state index is 13.3. The lowest BCUT2D eigenvalue weighted by molar-refractivity contribution is -0.121. The molecule has 1 fully saturated rings. The predicted octanol–water partition coefficient (Wildman–Crippen LogP) is 2.84. The number of rotatable bonds is 3. The Morgan fingerprint density at radius 1 is 1.39 bits per heavy atom. The average Bonchev–Trinajstić information content (AvgIpc) is 2.31. The van der Waals surface area contributed by atoms with Gasteiger partial charge in [0.05, 0.1) is 0 Å². The normalized spacial score (nSPS) is 24.6. The fourth-order valence-corrected chi connectivity index (χ4v) is 2.88. The van der Waals surface area contributed by atoms with Crippen LogP contribution in [-0.2, 0) is 4.79 Å². The van der Waals surface area contributed by atoms with Gasteiger partial charge in [0.25, 0.3) is 0 Å². The Labute approximate surface area is 108 Å². The van der Waals surface area contributed by atoms with E-state index in [0.717, 1.165) is 18.5 Å². The van der Waals surface area contributed by atoms with Gasteiger partial charge < -0.3 is 4.90 Å². The molecule has 0 amide bonds. The number of halogens is 1. The Bertz CT molecular complexity index is 430. The predicted molar refractivity (Wildman–Crippen MR) is 70.0 cm³/mol. The quantitative estimate of drug-likeness (QED) is 0.821. The molecule has 1 saturated carbocycles. The summed E-state index contributed by atoms with van der Waals surface area (Å²) >= 11 is 0. The molecule has 0 unspecified atom stereocenters. The first kappa shape index (κ1) is 13.2. The molecule has 2 atom stereocenters. The first-order valence-corrected chi connectivity index (χ1v) is 6.48. The summed E-state index contributed by atoms with van der Waals surface area (Å²) in [6, 6.07) is 6.70. The van der Waals surface area contributed by atoms with Crippen molar-refractivity contribution in [2.75, 3.05) is 20.6 Å². The summed E-state index contributed by atoms with van der Waals surface area (Å²) in [5, 5.41) is 0. The van der Waals surface area contributed by atoms with Crippen LogP contribution in [0.2, 0.25) is 0 Å². The Hall–Kier alpha value is -1.22. The van der Waals surface area contributed by atoms with Gasteiger partial charge in [-0.25, -0.2) is 4.39 Å². The molecule has 1 aromatic carbocycles. The van der Waals surface area contributed by atoms with Crippen molar-refractivity contribution in [2.24, 2.45) is 5.92 Å². The maximum Gasteiger partial charge on any atom is 0.133 e. The van der Waals surface area contributed by atoms with E-state index >= 15 is 0 Å². The monoisotopic (exact) mass is 249 g/mol. The summed E-state index contributed by atoms with van der Waals surface area (Å²) < 4.78 is 13.3. The van der Waals surface area contributed by atoms with Crippen molar-refractivity contribution in [3.63, 3.8) is 0 Å². The van der Waals surface area contributed by atoms with E-state index in [1.54, 1.807) is 12.1 Å². The second kappa shape index (κ2) is 5.61. The summed E-state index contributed by atoms with van der Waals surface area (Å²) in [5.74, 6) is 0.706. The van der Waals surface area contributed by atoms with Crippen molar-refractivity contribution in [1.29, 1.82) is 0 Å². The number of Topliss-reactive ketones (excluding diaryl/α,β-unsaturated/α-hetero) is 1. The molecule has 1 aliphatic rings. The Morgan fingerprint density at radius 2 is 2.17 bits per heavy atom. The third-order valence-corrected chi connectivity index (χ3v) is 3.69. The van der Waals surface area contributed by atoms with E-state index in [1.165, 1.54) is 6.07 Å². The smallest absolute Gasteiger partial charge is 0.133 e. The zero-order valence-corrected chi connectivity index (χ0v) is 11.0.